The van der Waals surface area contributed by atoms with Gasteiger partial charge in [-0.2, -0.15) is 5.26 Å². The van der Waals surface area contributed by atoms with Crippen LogP contribution in [0.25, 0.3) is 0 Å². The third-order valence-electron chi connectivity index (χ3n) is 1.34. The monoisotopic (exact) mass is 237 g/mol. The van der Waals surface area contributed by atoms with Crippen molar-refractivity contribution in [2.24, 2.45) is 5.92 Å². The molecule has 0 amide bonds. The molecule has 0 aromatic heterocycles. The average molecular weight is 238 g/mol. The molecule has 0 saturated heterocycles. The SMILES string of the molecule is CC(C#N)CCCl.CCO[SiH2]OCC. The fraction of sp³-hybridized carbons (Fsp3) is 0.889. The number of hydrogen-bond donors (Lipinski definition) is 0. The second-order valence-electron chi connectivity index (χ2n) is 2.61. The zero-order valence-corrected chi connectivity index (χ0v) is 11.4. The van der Waals surface area contributed by atoms with Crippen molar-refractivity contribution in [3.05, 3.63) is 0 Å². The molecule has 84 valence electrons. The molecule has 3 nitrogen and oxygen atoms in total. The molecule has 0 aromatic carbocycles. The van der Waals surface area contributed by atoms with Gasteiger partial charge in [-0.05, 0) is 27.2 Å². The first-order valence-electron chi connectivity index (χ1n) is 4.83. The quantitative estimate of drug-likeness (QED) is 0.402. The molecule has 14 heavy (non-hydrogen) atoms. The van der Waals surface area contributed by atoms with E-state index in [2.05, 4.69) is 6.07 Å². The second kappa shape index (κ2) is 15.4. The molecule has 0 heterocycles. The first-order valence-corrected chi connectivity index (χ1v) is 6.52. The summed E-state index contributed by atoms with van der Waals surface area (Å²) < 4.78 is 9.98. The number of nitriles is 1. The van der Waals surface area contributed by atoms with Gasteiger partial charge in [-0.1, -0.05) is 0 Å². The molecule has 5 heteroatoms. The summed E-state index contributed by atoms with van der Waals surface area (Å²) in [6.07, 6.45) is 0.804. The van der Waals surface area contributed by atoms with Crippen LogP contribution in [0.15, 0.2) is 0 Å². The van der Waals surface area contributed by atoms with Crippen molar-refractivity contribution in [2.45, 2.75) is 27.2 Å². The van der Waals surface area contributed by atoms with Crippen molar-refractivity contribution >= 4 is 21.6 Å². The highest BCUT2D eigenvalue weighted by Crippen LogP contribution is 1.99. The Morgan fingerprint density at radius 1 is 1.36 bits per heavy atom. The molecule has 0 rings (SSSR count). The van der Waals surface area contributed by atoms with Crippen LogP contribution < -0.4 is 0 Å². The molecule has 0 aromatic rings. The van der Waals surface area contributed by atoms with Crippen LogP contribution in [0.5, 0.6) is 0 Å². The predicted octanol–water partition coefficient (Wildman–Crippen LogP) is 1.83. The number of halogens is 1. The van der Waals surface area contributed by atoms with Gasteiger partial charge in [0.05, 0.1) is 6.07 Å². The van der Waals surface area contributed by atoms with E-state index < -0.39 is 10.0 Å². The Morgan fingerprint density at radius 2 is 1.86 bits per heavy atom. The first kappa shape index (κ1) is 16.4. The molecule has 0 N–H and O–H groups in total. The minimum Gasteiger partial charge on any atom is -0.399 e. The van der Waals surface area contributed by atoms with Gasteiger partial charge in [-0.15, -0.1) is 11.6 Å². The largest absolute Gasteiger partial charge is 0.399 e. The molecule has 0 fully saturated rings. The molecule has 0 saturated carbocycles. The summed E-state index contributed by atoms with van der Waals surface area (Å²) in [5.74, 6) is 0.715. The van der Waals surface area contributed by atoms with Crippen molar-refractivity contribution in [1.82, 2.24) is 0 Å². The van der Waals surface area contributed by atoms with E-state index in [1.54, 1.807) is 0 Å². The van der Waals surface area contributed by atoms with E-state index in [1.165, 1.54) is 0 Å². The van der Waals surface area contributed by atoms with Gasteiger partial charge in [0, 0.05) is 25.0 Å². The van der Waals surface area contributed by atoms with Crippen molar-refractivity contribution < 1.29 is 8.85 Å². The van der Waals surface area contributed by atoms with E-state index in [0.29, 0.717) is 5.88 Å². The van der Waals surface area contributed by atoms with Gasteiger partial charge < -0.3 is 8.85 Å². The first-order chi connectivity index (χ1) is 6.72. The van der Waals surface area contributed by atoms with Crippen molar-refractivity contribution in [2.75, 3.05) is 19.1 Å². The highest BCUT2D eigenvalue weighted by molar-refractivity contribution is 6.18. The van der Waals surface area contributed by atoms with Gasteiger partial charge >= 0.3 is 10.0 Å². The van der Waals surface area contributed by atoms with E-state index in [9.17, 15) is 0 Å². The van der Waals surface area contributed by atoms with Crippen LogP contribution in [0.4, 0.5) is 0 Å². The maximum Gasteiger partial charge on any atom is 0.304 e. The molecular formula is C9H20ClNO2Si. The summed E-state index contributed by atoms with van der Waals surface area (Å²) >= 11 is 5.32. The summed E-state index contributed by atoms with van der Waals surface area (Å²) in [7, 11) is -0.589. The van der Waals surface area contributed by atoms with E-state index >= 15 is 0 Å². The van der Waals surface area contributed by atoms with Gasteiger partial charge in [-0.3, -0.25) is 0 Å². The van der Waals surface area contributed by atoms with Crippen LogP contribution in [0.1, 0.15) is 27.2 Å². The Hall–Kier alpha value is -0.0831. The highest BCUT2D eigenvalue weighted by Gasteiger charge is 1.94. The van der Waals surface area contributed by atoms with Crippen LogP contribution >= 0.6 is 11.6 Å². The molecule has 0 aliphatic rings. The lowest BCUT2D eigenvalue weighted by molar-refractivity contribution is 0.240. The molecule has 0 aliphatic heterocycles. The Labute approximate surface area is 94.4 Å². The van der Waals surface area contributed by atoms with Gasteiger partial charge in [0.15, 0.2) is 0 Å². The number of alkyl halides is 1. The lowest BCUT2D eigenvalue weighted by Gasteiger charge is -1.96. The predicted molar refractivity (Wildman–Crippen MR) is 61.9 cm³/mol. The van der Waals surface area contributed by atoms with Crippen LogP contribution in [0.3, 0.4) is 0 Å². The Bertz CT molecular complexity index is 137. The lowest BCUT2D eigenvalue weighted by Crippen LogP contribution is -2.02. The molecule has 0 radical (unpaired) electrons. The summed E-state index contributed by atoms with van der Waals surface area (Å²) in [4.78, 5) is 0. The molecule has 0 aliphatic carbocycles. The lowest BCUT2D eigenvalue weighted by atomic mass is 10.2. The molecule has 1 unspecified atom stereocenters. The smallest absolute Gasteiger partial charge is 0.304 e. The van der Waals surface area contributed by atoms with Crippen LogP contribution in [-0.4, -0.2) is 29.1 Å². The summed E-state index contributed by atoms with van der Waals surface area (Å²) in [5, 5.41) is 8.16. The third kappa shape index (κ3) is 17.9. The fourth-order valence-electron chi connectivity index (χ4n) is 0.454. The van der Waals surface area contributed by atoms with Crippen molar-refractivity contribution in [3.63, 3.8) is 0 Å². The average Bonchev–Trinajstić information content (AvgIpc) is 2.20. The molecule has 0 spiro atoms. The zero-order chi connectivity index (χ0) is 11.2. The van der Waals surface area contributed by atoms with Crippen LogP contribution in [0.2, 0.25) is 0 Å². The van der Waals surface area contributed by atoms with Gasteiger partial charge in [0.25, 0.3) is 0 Å². The summed E-state index contributed by atoms with van der Waals surface area (Å²) in [6, 6.07) is 2.08. The van der Waals surface area contributed by atoms with Crippen LogP contribution in [0, 0.1) is 17.2 Å². The van der Waals surface area contributed by atoms with Gasteiger partial charge in [-0.25, -0.2) is 0 Å². The fourth-order valence-corrected chi connectivity index (χ4v) is 1.23. The highest BCUT2D eigenvalue weighted by atomic mass is 35.5. The van der Waals surface area contributed by atoms with Crippen LogP contribution in [-0.2, 0) is 8.85 Å². The van der Waals surface area contributed by atoms with E-state index in [0.717, 1.165) is 19.6 Å². The maximum atomic E-state index is 8.16. The topological polar surface area (TPSA) is 42.2 Å². The minimum atomic E-state index is -0.589. The normalized spacial score (nSPS) is 11.1. The number of nitrogens with zero attached hydrogens (tertiary/aromatic N) is 1. The Morgan fingerprint density at radius 3 is 2.07 bits per heavy atom. The van der Waals surface area contributed by atoms with Gasteiger partial charge in [0.2, 0.25) is 0 Å². The van der Waals surface area contributed by atoms with Gasteiger partial charge in [0.1, 0.15) is 0 Å². The number of hydrogen-bond acceptors (Lipinski definition) is 3. The third-order valence-corrected chi connectivity index (χ3v) is 2.71. The second-order valence-corrected chi connectivity index (χ2v) is 4.04. The van der Waals surface area contributed by atoms with E-state index in [1.807, 2.05) is 20.8 Å². The summed E-state index contributed by atoms with van der Waals surface area (Å²) in [6.45, 7) is 7.42. The number of rotatable bonds is 6. The van der Waals surface area contributed by atoms with Crippen molar-refractivity contribution in [1.29, 1.82) is 5.26 Å². The Balaban J connectivity index is 0. The molecular weight excluding hydrogens is 218 g/mol. The van der Waals surface area contributed by atoms with E-state index in [-0.39, 0.29) is 5.92 Å². The van der Waals surface area contributed by atoms with Crippen molar-refractivity contribution in [3.8, 4) is 6.07 Å². The summed E-state index contributed by atoms with van der Waals surface area (Å²) in [5.41, 5.74) is 0. The Kier molecular flexibility index (Phi) is 18.0. The molecule has 0 bridgehead atoms. The zero-order valence-electron chi connectivity index (χ0n) is 9.25. The standard InChI is InChI=1S/C5H8ClN.C4H12O2Si/c1-5(4-7)2-3-6;1-3-5-7-6-4-2/h5H,2-3H2,1H3;3-4,7H2,1-2H3. The minimum absolute atomic E-state index is 0.123. The molecule has 1 atom stereocenters. The van der Waals surface area contributed by atoms with E-state index in [4.69, 9.17) is 25.7 Å². The maximum absolute atomic E-state index is 8.16.